The van der Waals surface area contributed by atoms with Gasteiger partial charge in [-0.05, 0) is 30.0 Å². The Balaban J connectivity index is 2.02. The summed E-state index contributed by atoms with van der Waals surface area (Å²) in [6, 6.07) is 16.8. The van der Waals surface area contributed by atoms with Crippen LogP contribution in [0.15, 0.2) is 48.5 Å². The minimum Gasteiger partial charge on any atom is -0.496 e. The third-order valence-corrected chi connectivity index (χ3v) is 4.73. The highest BCUT2D eigenvalue weighted by Gasteiger charge is 2.33. The molecule has 0 amide bonds. The molecule has 2 aromatic carbocycles. The molecule has 2 aromatic rings. The van der Waals surface area contributed by atoms with Crippen LogP contribution in [0.25, 0.3) is 11.1 Å². The van der Waals surface area contributed by atoms with Gasteiger partial charge in [0.15, 0.2) is 0 Å². The zero-order chi connectivity index (χ0) is 15.4. The van der Waals surface area contributed by atoms with Gasteiger partial charge in [-0.1, -0.05) is 42.5 Å². The second kappa shape index (κ2) is 6.51. The van der Waals surface area contributed by atoms with E-state index in [0.29, 0.717) is 6.54 Å². The number of para-hydroxylation sites is 1. The first-order valence-corrected chi connectivity index (χ1v) is 7.81. The lowest BCUT2D eigenvalue weighted by Crippen LogP contribution is -2.40. The van der Waals surface area contributed by atoms with Crippen LogP contribution < -0.4 is 10.5 Å². The average molecular weight is 297 g/mol. The lowest BCUT2D eigenvalue weighted by molar-refractivity contribution is 0.0530. The summed E-state index contributed by atoms with van der Waals surface area (Å²) in [5.41, 5.74) is 9.77. The molecule has 0 aromatic heterocycles. The van der Waals surface area contributed by atoms with Crippen LogP contribution in [0.2, 0.25) is 0 Å². The van der Waals surface area contributed by atoms with Crippen LogP contribution in [0.1, 0.15) is 18.4 Å². The minimum atomic E-state index is 0.0380. The molecule has 0 atom stereocenters. The maximum Gasteiger partial charge on any atom is 0.126 e. The van der Waals surface area contributed by atoms with E-state index in [1.54, 1.807) is 7.11 Å². The largest absolute Gasteiger partial charge is 0.496 e. The molecule has 0 bridgehead atoms. The van der Waals surface area contributed by atoms with Crippen LogP contribution in [0, 0.1) is 0 Å². The standard InChI is InChI=1S/C19H23NO2/c1-21-18-8-3-2-7-17(18)15-5-4-6-16(13-15)19(14-20)9-11-22-12-10-19/h2-8,13H,9-12,14,20H2,1H3. The van der Waals surface area contributed by atoms with Crippen molar-refractivity contribution in [1.29, 1.82) is 0 Å². The number of ether oxygens (including phenoxy) is 2. The molecule has 0 radical (unpaired) electrons. The highest BCUT2D eigenvalue weighted by atomic mass is 16.5. The summed E-state index contributed by atoms with van der Waals surface area (Å²) >= 11 is 0. The first-order chi connectivity index (χ1) is 10.8. The van der Waals surface area contributed by atoms with Crippen LogP contribution in [0.4, 0.5) is 0 Å². The maximum absolute atomic E-state index is 6.13. The molecule has 3 rings (SSSR count). The van der Waals surface area contributed by atoms with Crippen LogP contribution in [-0.2, 0) is 10.2 Å². The van der Waals surface area contributed by atoms with Gasteiger partial charge in [-0.25, -0.2) is 0 Å². The van der Waals surface area contributed by atoms with E-state index in [-0.39, 0.29) is 5.41 Å². The van der Waals surface area contributed by atoms with Crippen molar-refractivity contribution in [1.82, 2.24) is 0 Å². The van der Waals surface area contributed by atoms with Gasteiger partial charge in [-0.3, -0.25) is 0 Å². The maximum atomic E-state index is 6.13. The first kappa shape index (κ1) is 15.1. The predicted octanol–water partition coefficient (Wildman–Crippen LogP) is 3.37. The molecule has 22 heavy (non-hydrogen) atoms. The molecule has 1 aliphatic heterocycles. The van der Waals surface area contributed by atoms with Gasteiger partial charge in [0, 0.05) is 30.7 Å². The zero-order valence-electron chi connectivity index (χ0n) is 13.0. The molecule has 0 aliphatic carbocycles. The normalized spacial score (nSPS) is 17.2. The lowest BCUT2D eigenvalue weighted by Gasteiger charge is -2.37. The summed E-state index contributed by atoms with van der Waals surface area (Å²) in [7, 11) is 1.71. The zero-order valence-corrected chi connectivity index (χ0v) is 13.0. The van der Waals surface area contributed by atoms with Gasteiger partial charge >= 0.3 is 0 Å². The van der Waals surface area contributed by atoms with Crippen molar-refractivity contribution in [3.63, 3.8) is 0 Å². The molecular formula is C19H23NO2. The van der Waals surface area contributed by atoms with Crippen molar-refractivity contribution in [2.75, 3.05) is 26.9 Å². The highest BCUT2D eigenvalue weighted by Crippen LogP contribution is 2.37. The third kappa shape index (κ3) is 2.74. The van der Waals surface area contributed by atoms with Crippen LogP contribution in [-0.4, -0.2) is 26.9 Å². The molecule has 1 aliphatic rings. The van der Waals surface area contributed by atoms with E-state index in [9.17, 15) is 0 Å². The minimum absolute atomic E-state index is 0.0380. The Morgan fingerprint density at radius 3 is 2.59 bits per heavy atom. The highest BCUT2D eigenvalue weighted by molar-refractivity contribution is 5.71. The van der Waals surface area contributed by atoms with Crippen LogP contribution in [0.3, 0.4) is 0 Å². The Hall–Kier alpha value is -1.84. The Kier molecular flexibility index (Phi) is 4.46. The number of hydrogen-bond acceptors (Lipinski definition) is 3. The molecule has 116 valence electrons. The first-order valence-electron chi connectivity index (χ1n) is 7.81. The summed E-state index contributed by atoms with van der Waals surface area (Å²) in [5.74, 6) is 0.897. The number of methoxy groups -OCH3 is 1. The fraction of sp³-hybridized carbons (Fsp3) is 0.368. The van der Waals surface area contributed by atoms with E-state index in [0.717, 1.165) is 37.4 Å². The second-order valence-corrected chi connectivity index (χ2v) is 5.88. The molecule has 2 N–H and O–H groups in total. The molecule has 1 saturated heterocycles. The Labute approximate surface area is 132 Å². The molecule has 0 spiro atoms. The average Bonchev–Trinajstić information content (AvgIpc) is 2.62. The predicted molar refractivity (Wildman–Crippen MR) is 89.2 cm³/mol. The van der Waals surface area contributed by atoms with Crippen molar-refractivity contribution in [2.45, 2.75) is 18.3 Å². The van der Waals surface area contributed by atoms with E-state index in [1.165, 1.54) is 11.1 Å². The fourth-order valence-electron chi connectivity index (χ4n) is 3.27. The monoisotopic (exact) mass is 297 g/mol. The quantitative estimate of drug-likeness (QED) is 0.941. The number of hydrogen-bond donors (Lipinski definition) is 1. The number of benzene rings is 2. The van der Waals surface area contributed by atoms with Gasteiger partial charge in [0.1, 0.15) is 5.75 Å². The van der Waals surface area contributed by atoms with Gasteiger partial charge in [-0.15, -0.1) is 0 Å². The van der Waals surface area contributed by atoms with Gasteiger partial charge in [0.2, 0.25) is 0 Å². The molecule has 3 nitrogen and oxygen atoms in total. The third-order valence-electron chi connectivity index (χ3n) is 4.73. The van der Waals surface area contributed by atoms with Crippen molar-refractivity contribution < 1.29 is 9.47 Å². The van der Waals surface area contributed by atoms with Crippen LogP contribution >= 0.6 is 0 Å². The topological polar surface area (TPSA) is 44.5 Å². The smallest absolute Gasteiger partial charge is 0.126 e. The van der Waals surface area contributed by atoms with Gasteiger partial charge in [0.05, 0.1) is 7.11 Å². The van der Waals surface area contributed by atoms with E-state index >= 15 is 0 Å². The van der Waals surface area contributed by atoms with Crippen molar-refractivity contribution in [3.8, 4) is 16.9 Å². The van der Waals surface area contributed by atoms with E-state index in [4.69, 9.17) is 15.2 Å². The van der Waals surface area contributed by atoms with E-state index < -0.39 is 0 Å². The Bertz CT molecular complexity index is 633. The lowest BCUT2D eigenvalue weighted by atomic mass is 9.73. The Morgan fingerprint density at radius 2 is 1.86 bits per heavy atom. The fourth-order valence-corrected chi connectivity index (χ4v) is 3.27. The molecular weight excluding hydrogens is 274 g/mol. The van der Waals surface area contributed by atoms with E-state index in [1.807, 2.05) is 18.2 Å². The molecule has 0 unspecified atom stereocenters. The van der Waals surface area contributed by atoms with Gasteiger partial charge in [-0.2, -0.15) is 0 Å². The summed E-state index contributed by atoms with van der Waals surface area (Å²) in [5, 5.41) is 0. The SMILES string of the molecule is COc1ccccc1-c1cccc(C2(CN)CCOCC2)c1. The summed E-state index contributed by atoms with van der Waals surface area (Å²) in [6.07, 6.45) is 1.97. The second-order valence-electron chi connectivity index (χ2n) is 5.88. The molecule has 0 saturated carbocycles. The summed E-state index contributed by atoms with van der Waals surface area (Å²) in [6.45, 7) is 2.23. The molecule has 1 fully saturated rings. The molecule has 1 heterocycles. The van der Waals surface area contributed by atoms with Crippen molar-refractivity contribution in [2.24, 2.45) is 5.73 Å². The van der Waals surface area contributed by atoms with E-state index in [2.05, 4.69) is 30.3 Å². The van der Waals surface area contributed by atoms with Crippen LogP contribution in [0.5, 0.6) is 5.75 Å². The number of rotatable bonds is 4. The van der Waals surface area contributed by atoms with Crippen molar-refractivity contribution in [3.05, 3.63) is 54.1 Å². The van der Waals surface area contributed by atoms with Crippen molar-refractivity contribution >= 4 is 0 Å². The van der Waals surface area contributed by atoms with Gasteiger partial charge in [0.25, 0.3) is 0 Å². The molecule has 3 heteroatoms. The van der Waals surface area contributed by atoms with Gasteiger partial charge < -0.3 is 15.2 Å². The number of nitrogens with two attached hydrogens (primary N) is 1. The summed E-state index contributed by atoms with van der Waals surface area (Å²) < 4.78 is 11.0. The Morgan fingerprint density at radius 1 is 1.09 bits per heavy atom. The summed E-state index contributed by atoms with van der Waals surface area (Å²) in [4.78, 5) is 0.